The lowest BCUT2D eigenvalue weighted by atomic mass is 10.0. The van der Waals surface area contributed by atoms with Gasteiger partial charge in [-0.2, -0.15) is 0 Å². The summed E-state index contributed by atoms with van der Waals surface area (Å²) in [6, 6.07) is 3.56. The Balaban J connectivity index is 2.23. The molecule has 0 aliphatic heterocycles. The van der Waals surface area contributed by atoms with Crippen molar-refractivity contribution in [3.05, 3.63) is 45.3 Å². The molecule has 0 aliphatic rings. The van der Waals surface area contributed by atoms with Gasteiger partial charge in [-0.25, -0.2) is 9.97 Å². The molecule has 0 fully saturated rings. The highest BCUT2D eigenvalue weighted by Gasteiger charge is 2.29. The van der Waals surface area contributed by atoms with Crippen molar-refractivity contribution in [1.29, 1.82) is 0 Å². The minimum Gasteiger partial charge on any atom is -0.598 e. The first kappa shape index (κ1) is 21.5. The predicted molar refractivity (Wildman–Crippen MR) is 116 cm³/mol. The lowest BCUT2D eigenvalue weighted by Gasteiger charge is -2.27. The number of aromatic nitrogens is 3. The summed E-state index contributed by atoms with van der Waals surface area (Å²) in [5.74, 6) is 1.58. The van der Waals surface area contributed by atoms with E-state index < -0.39 is 16.1 Å². The van der Waals surface area contributed by atoms with E-state index in [0.717, 1.165) is 11.1 Å². The average Bonchev–Trinajstić information content (AvgIpc) is 2.95. The van der Waals surface area contributed by atoms with Crippen LogP contribution in [0.25, 0.3) is 22.4 Å². The summed E-state index contributed by atoms with van der Waals surface area (Å²) < 4.78 is 22.4. The average molecular weight is 417 g/mol. The maximum Gasteiger partial charge on any atom is 0.261 e. The van der Waals surface area contributed by atoms with Crippen molar-refractivity contribution in [1.82, 2.24) is 19.3 Å². The van der Waals surface area contributed by atoms with Crippen LogP contribution in [0.2, 0.25) is 0 Å². The van der Waals surface area contributed by atoms with Crippen molar-refractivity contribution in [3.63, 3.8) is 0 Å². The molecule has 2 heterocycles. The highest BCUT2D eigenvalue weighted by molar-refractivity contribution is 7.90. The van der Waals surface area contributed by atoms with Crippen LogP contribution in [0.3, 0.4) is 0 Å². The highest BCUT2D eigenvalue weighted by atomic mass is 32.2. The highest BCUT2D eigenvalue weighted by Crippen LogP contribution is 2.28. The molecular weight excluding hydrogens is 388 g/mol. The van der Waals surface area contributed by atoms with Crippen LogP contribution in [0.1, 0.15) is 56.5 Å². The van der Waals surface area contributed by atoms with Crippen LogP contribution in [0, 0.1) is 20.8 Å². The number of aryl methyl sites for hydroxylation is 3. The molecule has 1 unspecified atom stereocenters. The Labute approximate surface area is 173 Å². The van der Waals surface area contributed by atoms with E-state index in [-0.39, 0.29) is 11.6 Å². The molecule has 2 atom stereocenters. The Bertz CT molecular complexity index is 1130. The van der Waals surface area contributed by atoms with Crippen molar-refractivity contribution >= 4 is 22.3 Å². The van der Waals surface area contributed by atoms with Crippen LogP contribution in [-0.4, -0.2) is 23.8 Å². The third kappa shape index (κ3) is 4.10. The monoisotopic (exact) mass is 416 g/mol. The summed E-state index contributed by atoms with van der Waals surface area (Å²) >= 11 is -1.26. The molecule has 0 bridgehead atoms. The summed E-state index contributed by atoms with van der Waals surface area (Å²) in [5, 5.41) is 0.527. The predicted octanol–water partition coefficient (Wildman–Crippen LogP) is 3.63. The zero-order chi connectivity index (χ0) is 21.7. The number of oxazole rings is 1. The number of hydrogen-bond donors (Lipinski definition) is 1. The number of nitrogens with zero attached hydrogens (tertiary/aromatic N) is 3. The molecule has 0 radical (unpaired) electrons. The van der Waals surface area contributed by atoms with Gasteiger partial charge in [-0.05, 0) is 53.2 Å². The second-order valence-electron chi connectivity index (χ2n) is 8.41. The van der Waals surface area contributed by atoms with Gasteiger partial charge in [0.15, 0.2) is 11.7 Å². The van der Waals surface area contributed by atoms with E-state index in [1.165, 1.54) is 4.57 Å². The van der Waals surface area contributed by atoms with Gasteiger partial charge in [0.25, 0.3) is 5.56 Å². The van der Waals surface area contributed by atoms with E-state index in [0.29, 0.717) is 34.1 Å². The molecule has 1 aromatic carbocycles. The van der Waals surface area contributed by atoms with Gasteiger partial charge in [-0.1, -0.05) is 6.07 Å². The van der Waals surface area contributed by atoms with Crippen molar-refractivity contribution in [2.75, 3.05) is 0 Å². The van der Waals surface area contributed by atoms with Crippen LogP contribution in [0.5, 0.6) is 0 Å². The van der Waals surface area contributed by atoms with E-state index in [9.17, 15) is 9.35 Å². The van der Waals surface area contributed by atoms with Gasteiger partial charge in [-0.3, -0.25) is 9.36 Å². The van der Waals surface area contributed by atoms with Gasteiger partial charge in [0.1, 0.15) is 16.2 Å². The van der Waals surface area contributed by atoms with Crippen LogP contribution in [-0.2, 0) is 18.4 Å². The van der Waals surface area contributed by atoms with Gasteiger partial charge in [0.2, 0.25) is 0 Å². The van der Waals surface area contributed by atoms with Crippen LogP contribution in [0.15, 0.2) is 21.3 Å². The summed E-state index contributed by atoms with van der Waals surface area (Å²) in [7, 11) is 1.69. The quantitative estimate of drug-likeness (QED) is 0.653. The molecule has 2 aromatic heterocycles. The molecule has 0 aliphatic carbocycles. The number of nitrogens with one attached hydrogen (secondary N) is 1. The van der Waals surface area contributed by atoms with Gasteiger partial charge in [0, 0.05) is 30.9 Å². The number of fused-ring (bicyclic) bond motifs is 1. The van der Waals surface area contributed by atoms with E-state index in [4.69, 9.17) is 9.40 Å². The molecule has 156 valence electrons. The fourth-order valence-corrected chi connectivity index (χ4v) is 4.03. The maximum absolute atomic E-state index is 13.1. The SMILES string of the molecule is Cc1cc(C(C)N[S@+]([O-])C(C)(C)C)c2nc(-c3nc(C)oc3C)n(C)c(=O)c2c1. The first-order valence-electron chi connectivity index (χ1n) is 9.54. The lowest BCUT2D eigenvalue weighted by molar-refractivity contribution is 0.494. The normalized spacial score (nSPS) is 14.4. The second kappa shape index (κ2) is 7.59. The summed E-state index contributed by atoms with van der Waals surface area (Å²) in [4.78, 5) is 22.4. The third-order valence-electron chi connectivity index (χ3n) is 4.78. The van der Waals surface area contributed by atoms with Crippen molar-refractivity contribution in [2.45, 2.75) is 59.3 Å². The lowest BCUT2D eigenvalue weighted by Crippen LogP contribution is -2.40. The zero-order valence-corrected chi connectivity index (χ0v) is 19.0. The van der Waals surface area contributed by atoms with Gasteiger partial charge in [-0.15, -0.1) is 4.72 Å². The van der Waals surface area contributed by atoms with Gasteiger partial charge < -0.3 is 8.97 Å². The van der Waals surface area contributed by atoms with Gasteiger partial charge >= 0.3 is 0 Å². The Morgan fingerprint density at radius 3 is 2.41 bits per heavy atom. The number of rotatable bonds is 4. The van der Waals surface area contributed by atoms with Crippen molar-refractivity contribution in [3.8, 4) is 11.5 Å². The molecule has 3 aromatic rings. The maximum atomic E-state index is 13.1. The van der Waals surface area contributed by atoms with E-state index in [1.807, 2.05) is 46.8 Å². The fraction of sp³-hybridized carbons (Fsp3) is 0.476. The molecule has 0 saturated heterocycles. The Morgan fingerprint density at radius 2 is 1.86 bits per heavy atom. The molecule has 29 heavy (non-hydrogen) atoms. The molecule has 1 N–H and O–H groups in total. The topological polar surface area (TPSA) is 96.0 Å². The summed E-state index contributed by atoms with van der Waals surface area (Å²) in [6.45, 7) is 13.2. The Morgan fingerprint density at radius 1 is 1.21 bits per heavy atom. The van der Waals surface area contributed by atoms with E-state index in [1.54, 1.807) is 20.9 Å². The molecular formula is C21H28N4O3S. The minimum atomic E-state index is -1.26. The molecule has 8 heteroatoms. The minimum absolute atomic E-state index is 0.154. The van der Waals surface area contributed by atoms with Gasteiger partial charge in [0.05, 0.1) is 16.9 Å². The van der Waals surface area contributed by atoms with Crippen LogP contribution < -0.4 is 10.3 Å². The Hall–Kier alpha value is -2.16. The van der Waals surface area contributed by atoms with Crippen molar-refractivity contribution < 1.29 is 8.97 Å². The smallest absolute Gasteiger partial charge is 0.261 e. The standard InChI is InChI=1S/C21H28N4O3S/c1-11-9-15(12(2)24-29(27)21(5,6)7)18-16(10-11)20(26)25(8)19(23-18)17-13(3)28-14(4)22-17/h9-10,12,24H,1-8H3/t12?,29-/m1/s1. The van der Waals surface area contributed by atoms with Crippen LogP contribution in [0.4, 0.5) is 0 Å². The molecule has 3 rings (SSSR count). The number of benzene rings is 1. The zero-order valence-electron chi connectivity index (χ0n) is 18.2. The number of hydrogen-bond acceptors (Lipinski definition) is 6. The summed E-state index contributed by atoms with van der Waals surface area (Å²) in [5.41, 5.74) is 2.76. The molecule has 0 amide bonds. The molecule has 7 nitrogen and oxygen atoms in total. The molecule has 0 spiro atoms. The van der Waals surface area contributed by atoms with E-state index in [2.05, 4.69) is 9.71 Å². The summed E-state index contributed by atoms with van der Waals surface area (Å²) in [6.07, 6.45) is 0. The molecule has 0 saturated carbocycles. The van der Waals surface area contributed by atoms with Crippen molar-refractivity contribution in [2.24, 2.45) is 7.05 Å². The Kier molecular flexibility index (Phi) is 5.64. The second-order valence-corrected chi connectivity index (χ2v) is 10.4. The largest absolute Gasteiger partial charge is 0.598 e. The van der Waals surface area contributed by atoms with E-state index >= 15 is 0 Å². The van der Waals surface area contributed by atoms with Crippen LogP contribution >= 0.6 is 0 Å². The first-order valence-corrected chi connectivity index (χ1v) is 10.7. The third-order valence-corrected chi connectivity index (χ3v) is 6.46. The fourth-order valence-electron chi connectivity index (χ4n) is 3.23. The first-order chi connectivity index (χ1) is 13.4.